The van der Waals surface area contributed by atoms with Crippen molar-refractivity contribution in [3.8, 4) is 11.8 Å². The average Bonchev–Trinajstić information content (AvgIpc) is 2.55. The molecule has 0 aliphatic rings. The topological polar surface area (TPSA) is 62.3 Å². The minimum absolute atomic E-state index is 0.0189. The van der Waals surface area contributed by atoms with Gasteiger partial charge >= 0.3 is 0 Å². The molecule has 108 valence electrons. The van der Waals surface area contributed by atoms with Crippen molar-refractivity contribution in [1.82, 2.24) is 0 Å². The van der Waals surface area contributed by atoms with Crippen molar-refractivity contribution in [3.05, 3.63) is 59.7 Å². The summed E-state index contributed by atoms with van der Waals surface area (Å²) in [6.45, 7) is 0.448. The number of nitrogens with zero attached hydrogens (tertiary/aromatic N) is 2. The lowest BCUT2D eigenvalue weighted by atomic mass is 10.0. The molecule has 0 aliphatic carbocycles. The number of anilines is 1. The highest BCUT2D eigenvalue weighted by Gasteiger charge is 2.18. The molecule has 4 heteroatoms. The standard InChI is InChI=1S/C17H19N3O/c1-20(16-9-4-3-6-14(16)11-18)17(12-19)13-7-5-8-15(10-13)21-2/h3-10,17H,12,19H2,1-2H3. The Balaban J connectivity index is 2.38. The predicted octanol–water partition coefficient (Wildman–Crippen LogP) is 2.70. The van der Waals surface area contributed by atoms with Crippen LogP contribution in [0.3, 0.4) is 0 Å². The first-order valence-corrected chi connectivity index (χ1v) is 6.77. The third-order valence-electron chi connectivity index (χ3n) is 3.57. The van der Waals surface area contributed by atoms with Crippen LogP contribution in [-0.4, -0.2) is 20.7 Å². The first-order valence-electron chi connectivity index (χ1n) is 6.77. The maximum Gasteiger partial charge on any atom is 0.119 e. The van der Waals surface area contributed by atoms with Gasteiger partial charge in [-0.05, 0) is 29.8 Å². The van der Waals surface area contributed by atoms with E-state index in [0.29, 0.717) is 12.1 Å². The van der Waals surface area contributed by atoms with Gasteiger partial charge in [-0.2, -0.15) is 5.26 Å². The Hall–Kier alpha value is -2.51. The fourth-order valence-electron chi connectivity index (χ4n) is 2.41. The number of nitrogens with two attached hydrogens (primary N) is 1. The van der Waals surface area contributed by atoms with Crippen LogP contribution in [0.2, 0.25) is 0 Å². The second kappa shape index (κ2) is 6.78. The summed E-state index contributed by atoms with van der Waals surface area (Å²) in [7, 11) is 3.60. The smallest absolute Gasteiger partial charge is 0.119 e. The number of likely N-dealkylation sites (N-methyl/N-ethyl adjacent to an activating group) is 1. The lowest BCUT2D eigenvalue weighted by molar-refractivity contribution is 0.413. The van der Waals surface area contributed by atoms with Gasteiger partial charge in [0.2, 0.25) is 0 Å². The van der Waals surface area contributed by atoms with Crippen molar-refractivity contribution in [1.29, 1.82) is 5.26 Å². The molecule has 2 rings (SSSR count). The molecule has 0 saturated carbocycles. The van der Waals surface area contributed by atoms with Crippen molar-refractivity contribution >= 4 is 5.69 Å². The number of methoxy groups -OCH3 is 1. The molecule has 2 aromatic carbocycles. The van der Waals surface area contributed by atoms with Crippen molar-refractivity contribution in [2.75, 3.05) is 25.6 Å². The molecular formula is C17H19N3O. The van der Waals surface area contributed by atoms with E-state index in [1.165, 1.54) is 0 Å². The maximum absolute atomic E-state index is 9.25. The van der Waals surface area contributed by atoms with Gasteiger partial charge in [-0.3, -0.25) is 0 Å². The van der Waals surface area contributed by atoms with E-state index in [0.717, 1.165) is 17.0 Å². The Kier molecular flexibility index (Phi) is 4.81. The summed E-state index contributed by atoms with van der Waals surface area (Å²) >= 11 is 0. The molecule has 0 amide bonds. The zero-order chi connectivity index (χ0) is 15.2. The van der Waals surface area contributed by atoms with E-state index in [1.807, 2.05) is 60.5 Å². The van der Waals surface area contributed by atoms with Gasteiger partial charge in [0, 0.05) is 13.6 Å². The summed E-state index contributed by atoms with van der Waals surface area (Å²) in [6.07, 6.45) is 0. The van der Waals surface area contributed by atoms with Crippen molar-refractivity contribution in [2.45, 2.75) is 6.04 Å². The highest BCUT2D eigenvalue weighted by Crippen LogP contribution is 2.29. The Bertz CT molecular complexity index is 648. The zero-order valence-corrected chi connectivity index (χ0v) is 12.3. The summed E-state index contributed by atoms with van der Waals surface area (Å²) < 4.78 is 5.27. The van der Waals surface area contributed by atoms with E-state index >= 15 is 0 Å². The Labute approximate surface area is 125 Å². The van der Waals surface area contributed by atoms with Crippen LogP contribution in [0.4, 0.5) is 5.69 Å². The third-order valence-corrected chi connectivity index (χ3v) is 3.57. The first-order chi connectivity index (χ1) is 10.2. The monoisotopic (exact) mass is 281 g/mol. The number of rotatable bonds is 5. The van der Waals surface area contributed by atoms with Crippen LogP contribution < -0.4 is 15.4 Å². The molecule has 4 nitrogen and oxygen atoms in total. The average molecular weight is 281 g/mol. The summed E-state index contributed by atoms with van der Waals surface area (Å²) in [6, 6.07) is 17.6. The number of nitriles is 1. The number of hydrogen-bond acceptors (Lipinski definition) is 4. The molecule has 0 heterocycles. The lowest BCUT2D eigenvalue weighted by Crippen LogP contribution is -2.30. The van der Waals surface area contributed by atoms with E-state index in [1.54, 1.807) is 7.11 Å². The zero-order valence-electron chi connectivity index (χ0n) is 12.3. The number of hydrogen-bond donors (Lipinski definition) is 1. The molecule has 2 N–H and O–H groups in total. The molecule has 0 aliphatic heterocycles. The maximum atomic E-state index is 9.25. The molecule has 0 radical (unpaired) electrons. The fraction of sp³-hybridized carbons (Fsp3) is 0.235. The molecule has 0 spiro atoms. The number of benzene rings is 2. The van der Waals surface area contributed by atoms with E-state index in [9.17, 15) is 5.26 Å². The van der Waals surface area contributed by atoms with Crippen LogP contribution in [0.1, 0.15) is 17.2 Å². The van der Waals surface area contributed by atoms with Crippen LogP contribution in [0.15, 0.2) is 48.5 Å². The van der Waals surface area contributed by atoms with E-state index < -0.39 is 0 Å². The third kappa shape index (κ3) is 3.15. The summed E-state index contributed by atoms with van der Waals surface area (Å²) in [5.41, 5.74) is 8.54. The number of para-hydroxylation sites is 1. The van der Waals surface area contributed by atoms with Gasteiger partial charge in [0.1, 0.15) is 11.8 Å². The minimum atomic E-state index is -0.0189. The van der Waals surface area contributed by atoms with Gasteiger partial charge < -0.3 is 15.4 Å². The molecule has 1 atom stereocenters. The van der Waals surface area contributed by atoms with Crippen molar-refractivity contribution in [2.24, 2.45) is 5.73 Å². The van der Waals surface area contributed by atoms with Crippen LogP contribution in [-0.2, 0) is 0 Å². The van der Waals surface area contributed by atoms with Gasteiger partial charge in [-0.15, -0.1) is 0 Å². The van der Waals surface area contributed by atoms with Crippen molar-refractivity contribution in [3.63, 3.8) is 0 Å². The Morgan fingerprint density at radius 2 is 2.00 bits per heavy atom. The molecule has 1 unspecified atom stereocenters. The molecule has 0 aromatic heterocycles. The van der Waals surface area contributed by atoms with Crippen LogP contribution >= 0.6 is 0 Å². The van der Waals surface area contributed by atoms with Gasteiger partial charge in [0.05, 0.1) is 24.4 Å². The molecule has 21 heavy (non-hydrogen) atoms. The van der Waals surface area contributed by atoms with Crippen molar-refractivity contribution < 1.29 is 4.74 Å². The normalized spacial score (nSPS) is 11.5. The molecule has 2 aromatic rings. The minimum Gasteiger partial charge on any atom is -0.497 e. The van der Waals surface area contributed by atoms with Gasteiger partial charge in [-0.25, -0.2) is 0 Å². The van der Waals surface area contributed by atoms with Crippen LogP contribution in [0, 0.1) is 11.3 Å². The second-order valence-electron chi connectivity index (χ2n) is 4.77. The summed E-state index contributed by atoms with van der Waals surface area (Å²) in [5, 5.41) is 9.25. The van der Waals surface area contributed by atoms with Gasteiger partial charge in [-0.1, -0.05) is 24.3 Å². The summed E-state index contributed by atoms with van der Waals surface area (Å²) in [5.74, 6) is 0.799. The van der Waals surface area contributed by atoms with Gasteiger partial charge in [0.15, 0.2) is 0 Å². The van der Waals surface area contributed by atoms with Crippen LogP contribution in [0.5, 0.6) is 5.75 Å². The molecule has 0 fully saturated rings. The molecular weight excluding hydrogens is 262 g/mol. The predicted molar refractivity (Wildman–Crippen MR) is 84.3 cm³/mol. The lowest BCUT2D eigenvalue weighted by Gasteiger charge is -2.30. The van der Waals surface area contributed by atoms with Gasteiger partial charge in [0.25, 0.3) is 0 Å². The highest BCUT2D eigenvalue weighted by atomic mass is 16.5. The first kappa shape index (κ1) is 14.9. The van der Waals surface area contributed by atoms with Crippen LogP contribution in [0.25, 0.3) is 0 Å². The summed E-state index contributed by atoms with van der Waals surface area (Å²) in [4.78, 5) is 2.04. The quantitative estimate of drug-likeness (QED) is 0.915. The Morgan fingerprint density at radius 1 is 1.24 bits per heavy atom. The van der Waals surface area contributed by atoms with E-state index in [4.69, 9.17) is 10.5 Å². The second-order valence-corrected chi connectivity index (χ2v) is 4.77. The van der Waals surface area contributed by atoms with E-state index in [-0.39, 0.29) is 6.04 Å². The fourth-order valence-corrected chi connectivity index (χ4v) is 2.41. The number of ether oxygens (including phenoxy) is 1. The van der Waals surface area contributed by atoms with E-state index in [2.05, 4.69) is 6.07 Å². The Morgan fingerprint density at radius 3 is 2.67 bits per heavy atom. The SMILES string of the molecule is COc1cccc(C(CN)N(C)c2ccccc2C#N)c1. The highest BCUT2D eigenvalue weighted by molar-refractivity contribution is 5.60. The largest absolute Gasteiger partial charge is 0.497 e. The molecule has 0 bridgehead atoms. The molecule has 0 saturated heterocycles.